The van der Waals surface area contributed by atoms with Gasteiger partial charge in [-0.15, -0.1) is 0 Å². The van der Waals surface area contributed by atoms with Gasteiger partial charge in [-0.3, -0.25) is 4.90 Å². The largest absolute Gasteiger partial charge is 0.379 e. The first-order chi connectivity index (χ1) is 7.75. The summed E-state index contributed by atoms with van der Waals surface area (Å²) in [4.78, 5) is 2.34. The number of aliphatic hydroxyl groups excluding tert-OH is 1. The second-order valence-electron chi connectivity index (χ2n) is 4.08. The van der Waals surface area contributed by atoms with Gasteiger partial charge in [-0.1, -0.05) is 24.3 Å². The van der Waals surface area contributed by atoms with Crippen LogP contribution in [0.25, 0.3) is 0 Å². The van der Waals surface area contributed by atoms with Gasteiger partial charge < -0.3 is 15.6 Å². The smallest absolute Gasteiger partial charge is 0.128 e. The number of nitrogens with zero attached hydrogens (tertiary/aromatic N) is 1. The van der Waals surface area contributed by atoms with Gasteiger partial charge in [-0.25, -0.2) is 0 Å². The Kier molecular flexibility index (Phi) is 3.90. The third-order valence-electron chi connectivity index (χ3n) is 2.80. The van der Waals surface area contributed by atoms with Gasteiger partial charge in [0.15, 0.2) is 0 Å². The van der Waals surface area contributed by atoms with Crippen LogP contribution in [-0.4, -0.2) is 36.3 Å². The van der Waals surface area contributed by atoms with E-state index in [1.165, 1.54) is 5.56 Å². The van der Waals surface area contributed by atoms with Crippen LogP contribution in [0.2, 0.25) is 0 Å². The molecule has 0 bridgehead atoms. The Hall–Kier alpha value is -0.940. The van der Waals surface area contributed by atoms with Gasteiger partial charge in [0, 0.05) is 19.6 Å². The van der Waals surface area contributed by atoms with Gasteiger partial charge in [0.25, 0.3) is 0 Å². The summed E-state index contributed by atoms with van der Waals surface area (Å²) in [6, 6.07) is 7.79. The maximum atomic E-state index is 9.30. The molecule has 1 unspecified atom stereocenters. The summed E-state index contributed by atoms with van der Waals surface area (Å²) in [5.74, 6) is 0. The van der Waals surface area contributed by atoms with Crippen LogP contribution in [0.15, 0.2) is 24.3 Å². The number of hydrogen-bond acceptors (Lipinski definition) is 4. The summed E-state index contributed by atoms with van der Waals surface area (Å²) in [5, 5.41) is 9.30. The summed E-state index contributed by atoms with van der Waals surface area (Å²) in [5.41, 5.74) is 7.39. The lowest BCUT2D eigenvalue weighted by Gasteiger charge is -2.26. The van der Waals surface area contributed by atoms with E-state index < -0.39 is 6.23 Å². The van der Waals surface area contributed by atoms with Crippen molar-refractivity contribution in [2.24, 2.45) is 5.73 Å². The molecule has 2 rings (SSSR count). The molecular weight excluding hydrogens is 204 g/mol. The van der Waals surface area contributed by atoms with E-state index in [0.717, 1.165) is 38.4 Å². The fourth-order valence-electron chi connectivity index (χ4n) is 1.89. The normalized spacial score (nSPS) is 19.6. The molecule has 0 aromatic heterocycles. The molecule has 1 fully saturated rings. The van der Waals surface area contributed by atoms with E-state index in [0.29, 0.717) is 0 Å². The summed E-state index contributed by atoms with van der Waals surface area (Å²) in [6.45, 7) is 4.44. The molecule has 16 heavy (non-hydrogen) atoms. The van der Waals surface area contributed by atoms with Crippen molar-refractivity contribution in [1.82, 2.24) is 4.90 Å². The van der Waals surface area contributed by atoms with E-state index in [2.05, 4.69) is 11.0 Å². The van der Waals surface area contributed by atoms with Gasteiger partial charge in [0.05, 0.1) is 13.2 Å². The van der Waals surface area contributed by atoms with Crippen molar-refractivity contribution in [2.75, 3.05) is 26.3 Å². The van der Waals surface area contributed by atoms with Crippen molar-refractivity contribution < 1.29 is 9.84 Å². The molecule has 3 N–H and O–H groups in total. The lowest BCUT2D eigenvalue weighted by molar-refractivity contribution is 0.0341. The van der Waals surface area contributed by atoms with E-state index in [1.807, 2.05) is 18.2 Å². The van der Waals surface area contributed by atoms with Crippen molar-refractivity contribution in [3.8, 4) is 0 Å². The number of hydrogen-bond donors (Lipinski definition) is 2. The maximum absolute atomic E-state index is 9.30. The molecule has 0 spiro atoms. The number of morpholine rings is 1. The average molecular weight is 222 g/mol. The zero-order chi connectivity index (χ0) is 11.4. The SMILES string of the molecule is NC(O)c1cccc(CN2CCOCC2)c1. The quantitative estimate of drug-likeness (QED) is 0.730. The van der Waals surface area contributed by atoms with Crippen LogP contribution in [0.5, 0.6) is 0 Å². The van der Waals surface area contributed by atoms with Crippen LogP contribution in [0, 0.1) is 0 Å². The van der Waals surface area contributed by atoms with Crippen LogP contribution in [0.1, 0.15) is 17.4 Å². The van der Waals surface area contributed by atoms with Crippen LogP contribution in [0.3, 0.4) is 0 Å². The van der Waals surface area contributed by atoms with E-state index in [4.69, 9.17) is 10.5 Å². The molecule has 1 aromatic carbocycles. The minimum Gasteiger partial charge on any atom is -0.379 e. The molecular formula is C12H18N2O2. The fraction of sp³-hybridized carbons (Fsp3) is 0.500. The molecule has 1 aliphatic heterocycles. The van der Waals surface area contributed by atoms with Gasteiger partial charge in [-0.05, 0) is 11.1 Å². The van der Waals surface area contributed by atoms with Crippen molar-refractivity contribution in [2.45, 2.75) is 12.8 Å². The lowest BCUT2D eigenvalue weighted by Crippen LogP contribution is -2.35. The molecule has 1 heterocycles. The highest BCUT2D eigenvalue weighted by atomic mass is 16.5. The molecule has 1 atom stereocenters. The van der Waals surface area contributed by atoms with E-state index in [9.17, 15) is 5.11 Å². The maximum Gasteiger partial charge on any atom is 0.128 e. The fourth-order valence-corrected chi connectivity index (χ4v) is 1.89. The predicted molar refractivity (Wildman–Crippen MR) is 61.7 cm³/mol. The Morgan fingerprint density at radius 3 is 2.81 bits per heavy atom. The number of rotatable bonds is 3. The van der Waals surface area contributed by atoms with Gasteiger partial charge >= 0.3 is 0 Å². The lowest BCUT2D eigenvalue weighted by atomic mass is 10.1. The Morgan fingerprint density at radius 1 is 1.38 bits per heavy atom. The molecule has 4 heteroatoms. The minimum absolute atomic E-state index is 0.769. The predicted octanol–water partition coefficient (Wildman–Crippen LogP) is 0.468. The Labute approximate surface area is 95.6 Å². The van der Waals surface area contributed by atoms with E-state index >= 15 is 0 Å². The summed E-state index contributed by atoms with van der Waals surface area (Å²) in [7, 11) is 0. The molecule has 0 radical (unpaired) electrons. The summed E-state index contributed by atoms with van der Waals surface area (Å²) in [6.07, 6.45) is -0.885. The topological polar surface area (TPSA) is 58.7 Å². The number of nitrogens with two attached hydrogens (primary N) is 1. The van der Waals surface area contributed by atoms with Gasteiger partial charge in [0.1, 0.15) is 6.23 Å². The first kappa shape index (κ1) is 11.5. The zero-order valence-electron chi connectivity index (χ0n) is 9.30. The highest BCUT2D eigenvalue weighted by Gasteiger charge is 2.11. The van der Waals surface area contributed by atoms with Crippen LogP contribution in [0.4, 0.5) is 0 Å². The second-order valence-corrected chi connectivity index (χ2v) is 4.08. The van der Waals surface area contributed by atoms with Crippen LogP contribution in [-0.2, 0) is 11.3 Å². The second kappa shape index (κ2) is 5.41. The molecule has 0 saturated carbocycles. The first-order valence-corrected chi connectivity index (χ1v) is 5.58. The highest BCUT2D eigenvalue weighted by molar-refractivity contribution is 5.24. The summed E-state index contributed by atoms with van der Waals surface area (Å²) >= 11 is 0. The highest BCUT2D eigenvalue weighted by Crippen LogP contribution is 2.12. The van der Waals surface area contributed by atoms with Crippen LogP contribution >= 0.6 is 0 Å². The monoisotopic (exact) mass is 222 g/mol. The molecule has 1 aliphatic rings. The van der Waals surface area contributed by atoms with E-state index in [1.54, 1.807) is 0 Å². The molecule has 0 aliphatic carbocycles. The number of aliphatic hydroxyl groups is 1. The Morgan fingerprint density at radius 2 is 2.12 bits per heavy atom. The average Bonchev–Trinajstić information content (AvgIpc) is 2.30. The van der Waals surface area contributed by atoms with Crippen molar-refractivity contribution >= 4 is 0 Å². The van der Waals surface area contributed by atoms with Gasteiger partial charge in [0.2, 0.25) is 0 Å². The molecule has 88 valence electrons. The molecule has 1 aromatic rings. The van der Waals surface area contributed by atoms with Gasteiger partial charge in [-0.2, -0.15) is 0 Å². The number of ether oxygens (including phenoxy) is 1. The third-order valence-corrected chi connectivity index (χ3v) is 2.80. The first-order valence-electron chi connectivity index (χ1n) is 5.58. The minimum atomic E-state index is -0.885. The third kappa shape index (κ3) is 3.02. The molecule has 4 nitrogen and oxygen atoms in total. The van der Waals surface area contributed by atoms with Crippen molar-refractivity contribution in [1.29, 1.82) is 0 Å². The van der Waals surface area contributed by atoms with Crippen molar-refractivity contribution in [3.63, 3.8) is 0 Å². The standard InChI is InChI=1S/C12H18N2O2/c13-12(15)11-3-1-2-10(8-11)9-14-4-6-16-7-5-14/h1-3,8,12,15H,4-7,9,13H2. The van der Waals surface area contributed by atoms with E-state index in [-0.39, 0.29) is 0 Å². The molecule has 0 amide bonds. The Balaban J connectivity index is 2.00. The molecule has 1 saturated heterocycles. The summed E-state index contributed by atoms with van der Waals surface area (Å²) < 4.78 is 5.30. The number of benzene rings is 1. The van der Waals surface area contributed by atoms with Crippen molar-refractivity contribution in [3.05, 3.63) is 35.4 Å². The Bertz CT molecular complexity index is 336. The van der Waals surface area contributed by atoms with Crippen LogP contribution < -0.4 is 5.73 Å². The zero-order valence-corrected chi connectivity index (χ0v) is 9.30.